The van der Waals surface area contributed by atoms with E-state index in [2.05, 4.69) is 29.1 Å². The van der Waals surface area contributed by atoms with Crippen molar-refractivity contribution in [1.29, 1.82) is 0 Å². The Hall–Kier alpha value is -0.540. The summed E-state index contributed by atoms with van der Waals surface area (Å²) in [7, 11) is 0. The SMILES string of the molecule is Cc1nc(Cl)c(NCC(C)C)c(Cl)n1. The molecule has 5 heteroatoms. The summed E-state index contributed by atoms with van der Waals surface area (Å²) >= 11 is 11.8. The number of hydrogen-bond donors (Lipinski definition) is 1. The van der Waals surface area contributed by atoms with Gasteiger partial charge < -0.3 is 5.32 Å². The van der Waals surface area contributed by atoms with Crippen LogP contribution in [0.15, 0.2) is 0 Å². The third-order valence-corrected chi connectivity index (χ3v) is 2.17. The number of rotatable bonds is 3. The van der Waals surface area contributed by atoms with Crippen molar-refractivity contribution >= 4 is 28.9 Å². The highest BCUT2D eigenvalue weighted by molar-refractivity contribution is 6.37. The van der Waals surface area contributed by atoms with Crippen molar-refractivity contribution in [2.75, 3.05) is 11.9 Å². The number of nitrogens with zero attached hydrogens (tertiary/aromatic N) is 2. The van der Waals surface area contributed by atoms with Gasteiger partial charge in [-0.05, 0) is 12.8 Å². The molecule has 0 fully saturated rings. The van der Waals surface area contributed by atoms with Gasteiger partial charge in [-0.25, -0.2) is 9.97 Å². The summed E-state index contributed by atoms with van der Waals surface area (Å²) in [5.74, 6) is 1.10. The lowest BCUT2D eigenvalue weighted by Crippen LogP contribution is -2.10. The molecular formula is C9H13Cl2N3. The van der Waals surface area contributed by atoms with Gasteiger partial charge in [-0.1, -0.05) is 37.0 Å². The van der Waals surface area contributed by atoms with Crippen LogP contribution in [-0.4, -0.2) is 16.5 Å². The minimum absolute atomic E-state index is 0.378. The highest BCUT2D eigenvalue weighted by Gasteiger charge is 2.09. The molecule has 0 aromatic carbocycles. The van der Waals surface area contributed by atoms with Crippen LogP contribution in [0.2, 0.25) is 10.3 Å². The van der Waals surface area contributed by atoms with Crippen molar-refractivity contribution in [2.45, 2.75) is 20.8 Å². The van der Waals surface area contributed by atoms with E-state index in [1.54, 1.807) is 6.92 Å². The molecule has 0 aliphatic rings. The Labute approximate surface area is 93.9 Å². The van der Waals surface area contributed by atoms with Gasteiger partial charge in [-0.3, -0.25) is 0 Å². The first kappa shape index (κ1) is 11.5. The maximum Gasteiger partial charge on any atom is 0.157 e. The molecule has 0 aliphatic heterocycles. The van der Waals surface area contributed by atoms with Crippen LogP contribution >= 0.6 is 23.2 Å². The first-order valence-electron chi connectivity index (χ1n) is 4.44. The van der Waals surface area contributed by atoms with Crippen molar-refractivity contribution in [3.8, 4) is 0 Å². The van der Waals surface area contributed by atoms with Gasteiger partial charge in [0.15, 0.2) is 10.3 Å². The molecule has 1 aromatic rings. The maximum atomic E-state index is 5.92. The van der Waals surface area contributed by atoms with Crippen molar-refractivity contribution in [1.82, 2.24) is 9.97 Å². The lowest BCUT2D eigenvalue weighted by atomic mass is 10.2. The maximum absolute atomic E-state index is 5.92. The monoisotopic (exact) mass is 233 g/mol. The Balaban J connectivity index is 2.86. The molecule has 0 aliphatic carbocycles. The number of hydrogen-bond acceptors (Lipinski definition) is 3. The van der Waals surface area contributed by atoms with Gasteiger partial charge in [-0.15, -0.1) is 0 Å². The second kappa shape index (κ2) is 4.80. The summed E-state index contributed by atoms with van der Waals surface area (Å²) in [4.78, 5) is 8.04. The topological polar surface area (TPSA) is 37.8 Å². The fourth-order valence-electron chi connectivity index (χ4n) is 0.958. The number of aromatic nitrogens is 2. The quantitative estimate of drug-likeness (QED) is 0.816. The molecule has 0 spiro atoms. The van der Waals surface area contributed by atoms with E-state index < -0.39 is 0 Å². The zero-order chi connectivity index (χ0) is 10.7. The molecule has 0 saturated heterocycles. The third kappa shape index (κ3) is 3.00. The molecule has 0 bridgehead atoms. The number of aryl methyl sites for hydroxylation is 1. The van der Waals surface area contributed by atoms with Gasteiger partial charge in [0.1, 0.15) is 11.5 Å². The molecule has 1 aromatic heterocycles. The lowest BCUT2D eigenvalue weighted by Gasteiger charge is -2.11. The van der Waals surface area contributed by atoms with Crippen molar-refractivity contribution in [2.24, 2.45) is 5.92 Å². The predicted molar refractivity (Wildman–Crippen MR) is 60.1 cm³/mol. The second-order valence-electron chi connectivity index (χ2n) is 3.50. The highest BCUT2D eigenvalue weighted by Crippen LogP contribution is 2.26. The fraction of sp³-hybridized carbons (Fsp3) is 0.556. The van der Waals surface area contributed by atoms with E-state index in [9.17, 15) is 0 Å². The molecule has 0 atom stereocenters. The summed E-state index contributed by atoms with van der Waals surface area (Å²) in [6, 6.07) is 0. The Morgan fingerprint density at radius 2 is 1.71 bits per heavy atom. The van der Waals surface area contributed by atoms with E-state index in [0.717, 1.165) is 6.54 Å². The fourth-order valence-corrected chi connectivity index (χ4v) is 1.56. The van der Waals surface area contributed by atoms with Crippen molar-refractivity contribution in [3.63, 3.8) is 0 Å². The van der Waals surface area contributed by atoms with Crippen molar-refractivity contribution in [3.05, 3.63) is 16.1 Å². The van der Waals surface area contributed by atoms with Crippen LogP contribution in [-0.2, 0) is 0 Å². The van der Waals surface area contributed by atoms with Crippen LogP contribution < -0.4 is 5.32 Å². The van der Waals surface area contributed by atoms with Gasteiger partial charge in [0.2, 0.25) is 0 Å². The molecule has 0 unspecified atom stereocenters. The molecular weight excluding hydrogens is 221 g/mol. The molecule has 0 amide bonds. The van der Waals surface area contributed by atoms with Crippen molar-refractivity contribution < 1.29 is 0 Å². The zero-order valence-electron chi connectivity index (χ0n) is 8.43. The van der Waals surface area contributed by atoms with Gasteiger partial charge >= 0.3 is 0 Å². The standard InChI is InChI=1S/C9H13Cl2N3/c1-5(2)4-12-7-8(10)13-6(3)14-9(7)11/h5,12H,4H2,1-3H3. The largest absolute Gasteiger partial charge is 0.380 e. The molecule has 0 radical (unpaired) electrons. The molecule has 78 valence electrons. The lowest BCUT2D eigenvalue weighted by molar-refractivity contribution is 0.688. The average molecular weight is 234 g/mol. The summed E-state index contributed by atoms with van der Waals surface area (Å²) in [5.41, 5.74) is 0.618. The summed E-state index contributed by atoms with van der Waals surface area (Å²) in [6.07, 6.45) is 0. The Morgan fingerprint density at radius 1 is 1.21 bits per heavy atom. The Kier molecular flexibility index (Phi) is 3.96. The normalized spacial score (nSPS) is 10.7. The predicted octanol–water partition coefficient (Wildman–Crippen LogP) is 3.16. The van der Waals surface area contributed by atoms with Crippen LogP contribution in [0.25, 0.3) is 0 Å². The third-order valence-electron chi connectivity index (χ3n) is 1.62. The van der Waals surface area contributed by atoms with E-state index in [1.807, 2.05) is 0 Å². The van der Waals surface area contributed by atoms with E-state index in [-0.39, 0.29) is 0 Å². The first-order valence-corrected chi connectivity index (χ1v) is 5.19. The smallest absolute Gasteiger partial charge is 0.157 e. The van der Waals surface area contributed by atoms with E-state index in [4.69, 9.17) is 23.2 Å². The highest BCUT2D eigenvalue weighted by atomic mass is 35.5. The van der Waals surface area contributed by atoms with Crippen LogP contribution in [0, 0.1) is 12.8 Å². The van der Waals surface area contributed by atoms with Gasteiger partial charge in [-0.2, -0.15) is 0 Å². The van der Waals surface area contributed by atoms with Gasteiger partial charge in [0, 0.05) is 6.54 Å². The van der Waals surface area contributed by atoms with E-state index in [0.29, 0.717) is 27.7 Å². The second-order valence-corrected chi connectivity index (χ2v) is 4.22. The first-order chi connectivity index (χ1) is 6.50. The number of anilines is 1. The molecule has 14 heavy (non-hydrogen) atoms. The molecule has 0 saturated carbocycles. The minimum atomic E-state index is 0.378. The van der Waals surface area contributed by atoms with E-state index in [1.165, 1.54) is 0 Å². The van der Waals surface area contributed by atoms with Gasteiger partial charge in [0.05, 0.1) is 0 Å². The molecule has 3 nitrogen and oxygen atoms in total. The molecule has 1 heterocycles. The van der Waals surface area contributed by atoms with E-state index >= 15 is 0 Å². The minimum Gasteiger partial charge on any atom is -0.380 e. The zero-order valence-corrected chi connectivity index (χ0v) is 9.95. The van der Waals surface area contributed by atoms with Crippen LogP contribution in [0.4, 0.5) is 5.69 Å². The Bertz CT molecular complexity index is 303. The number of halogens is 2. The summed E-state index contributed by atoms with van der Waals surface area (Å²) in [5, 5.41) is 3.87. The van der Waals surface area contributed by atoms with Gasteiger partial charge in [0.25, 0.3) is 0 Å². The van der Waals surface area contributed by atoms with Crippen LogP contribution in [0.1, 0.15) is 19.7 Å². The molecule has 1 N–H and O–H groups in total. The summed E-state index contributed by atoms with van der Waals surface area (Å²) < 4.78 is 0. The van der Waals surface area contributed by atoms with Crippen LogP contribution in [0.5, 0.6) is 0 Å². The molecule has 1 rings (SSSR count). The number of nitrogens with one attached hydrogen (secondary N) is 1. The average Bonchev–Trinajstić information content (AvgIpc) is 2.01. The van der Waals surface area contributed by atoms with Crippen LogP contribution in [0.3, 0.4) is 0 Å². The summed E-state index contributed by atoms with van der Waals surface area (Å²) in [6.45, 7) is 6.75. The Morgan fingerprint density at radius 3 is 2.14 bits per heavy atom.